The summed E-state index contributed by atoms with van der Waals surface area (Å²) < 4.78 is 31.0. The Kier molecular flexibility index (Phi) is 6.28. The van der Waals surface area contributed by atoms with Crippen molar-refractivity contribution in [3.63, 3.8) is 0 Å². The van der Waals surface area contributed by atoms with Crippen molar-refractivity contribution in [3.05, 3.63) is 23.4 Å². The number of rotatable bonds is 7. The van der Waals surface area contributed by atoms with E-state index >= 15 is 0 Å². The number of amides is 1. The highest BCUT2D eigenvalue weighted by Gasteiger charge is 2.33. The summed E-state index contributed by atoms with van der Waals surface area (Å²) in [4.78, 5) is 19.9. The molecule has 3 rings (SSSR count). The monoisotopic (exact) mass is 412 g/mol. The Morgan fingerprint density at radius 3 is 2.93 bits per heavy atom. The highest BCUT2D eigenvalue weighted by Crippen LogP contribution is 2.24. The van der Waals surface area contributed by atoms with Crippen LogP contribution < -0.4 is 0 Å². The third kappa shape index (κ3) is 4.56. The second-order valence-corrected chi connectivity index (χ2v) is 9.64. The van der Waals surface area contributed by atoms with Crippen LogP contribution in [-0.2, 0) is 21.4 Å². The first-order valence-electron chi connectivity index (χ1n) is 9.07. The van der Waals surface area contributed by atoms with E-state index < -0.39 is 10.0 Å². The lowest BCUT2D eigenvalue weighted by molar-refractivity contribution is -0.137. The maximum atomic E-state index is 12.9. The van der Waals surface area contributed by atoms with Gasteiger partial charge in [-0.2, -0.15) is 4.98 Å². The van der Waals surface area contributed by atoms with Crippen LogP contribution >= 0.6 is 11.3 Å². The summed E-state index contributed by atoms with van der Waals surface area (Å²) in [5.74, 6) is 0.548. The number of hydrogen-bond acceptors (Lipinski definition) is 7. The number of carbonyl (C=O) groups is 1. The van der Waals surface area contributed by atoms with Crippen LogP contribution in [0.5, 0.6) is 0 Å². The van der Waals surface area contributed by atoms with E-state index in [0.717, 1.165) is 4.88 Å². The van der Waals surface area contributed by atoms with E-state index in [4.69, 9.17) is 4.52 Å². The lowest BCUT2D eigenvalue weighted by atomic mass is 9.98. The zero-order valence-electron chi connectivity index (χ0n) is 15.5. The van der Waals surface area contributed by atoms with Gasteiger partial charge in [0.2, 0.25) is 27.6 Å². The average molecular weight is 413 g/mol. The van der Waals surface area contributed by atoms with Crippen molar-refractivity contribution in [2.24, 2.45) is 5.92 Å². The predicted molar refractivity (Wildman–Crippen MR) is 102 cm³/mol. The summed E-state index contributed by atoms with van der Waals surface area (Å²) in [5, 5.41) is 5.91. The summed E-state index contributed by atoms with van der Waals surface area (Å²) in [6.07, 6.45) is 1.38. The van der Waals surface area contributed by atoms with E-state index in [-0.39, 0.29) is 30.7 Å². The van der Waals surface area contributed by atoms with Crippen molar-refractivity contribution in [1.82, 2.24) is 19.3 Å². The predicted octanol–water partition coefficient (Wildman–Crippen LogP) is 2.21. The maximum absolute atomic E-state index is 12.9. The molecule has 2 aromatic heterocycles. The Morgan fingerprint density at radius 1 is 1.44 bits per heavy atom. The van der Waals surface area contributed by atoms with Crippen molar-refractivity contribution < 1.29 is 17.7 Å². The van der Waals surface area contributed by atoms with E-state index in [0.29, 0.717) is 37.6 Å². The summed E-state index contributed by atoms with van der Waals surface area (Å²) in [5.41, 5.74) is 0. The SMILES string of the molecule is CCN(Cc1nc(-c2cccs2)no1)C(=O)[C@@H]1CCCN(S(=O)(=O)CC)C1. The number of sulfonamides is 1. The molecule has 27 heavy (non-hydrogen) atoms. The average Bonchev–Trinajstić information content (AvgIpc) is 3.37. The van der Waals surface area contributed by atoms with Crippen LogP contribution in [0.2, 0.25) is 0 Å². The number of carbonyl (C=O) groups excluding carboxylic acids is 1. The molecule has 1 amide bonds. The Bertz CT molecular complexity index is 863. The van der Waals surface area contributed by atoms with Crippen molar-refractivity contribution in [2.45, 2.75) is 33.2 Å². The molecule has 0 bridgehead atoms. The summed E-state index contributed by atoms with van der Waals surface area (Å²) >= 11 is 1.52. The molecule has 0 saturated carbocycles. The van der Waals surface area contributed by atoms with Gasteiger partial charge in [0.05, 0.1) is 23.1 Å². The molecule has 148 valence electrons. The second kappa shape index (κ2) is 8.49. The Morgan fingerprint density at radius 2 is 2.26 bits per heavy atom. The van der Waals surface area contributed by atoms with Gasteiger partial charge in [-0.15, -0.1) is 11.3 Å². The van der Waals surface area contributed by atoms with Crippen molar-refractivity contribution >= 4 is 27.3 Å². The molecule has 8 nitrogen and oxygen atoms in total. The molecule has 1 atom stereocenters. The molecule has 1 fully saturated rings. The molecular weight excluding hydrogens is 388 g/mol. The van der Waals surface area contributed by atoms with Gasteiger partial charge < -0.3 is 9.42 Å². The van der Waals surface area contributed by atoms with Crippen molar-refractivity contribution in [1.29, 1.82) is 0 Å². The molecule has 3 heterocycles. The Hall–Kier alpha value is -1.78. The Balaban J connectivity index is 1.67. The number of nitrogens with zero attached hydrogens (tertiary/aromatic N) is 4. The second-order valence-electron chi connectivity index (χ2n) is 6.44. The molecule has 0 aromatic carbocycles. The van der Waals surface area contributed by atoms with Gasteiger partial charge in [-0.25, -0.2) is 12.7 Å². The fraction of sp³-hybridized carbons (Fsp3) is 0.588. The molecule has 1 aliphatic heterocycles. The van der Waals surface area contributed by atoms with E-state index in [1.54, 1.807) is 11.8 Å². The van der Waals surface area contributed by atoms with E-state index in [9.17, 15) is 13.2 Å². The molecule has 0 aliphatic carbocycles. The number of aromatic nitrogens is 2. The highest BCUT2D eigenvalue weighted by molar-refractivity contribution is 7.89. The summed E-state index contributed by atoms with van der Waals surface area (Å²) in [7, 11) is -3.28. The number of thiophene rings is 1. The molecule has 0 spiro atoms. The van der Waals surface area contributed by atoms with Crippen LogP contribution in [0.4, 0.5) is 0 Å². The van der Waals surface area contributed by atoms with Gasteiger partial charge in [0.25, 0.3) is 0 Å². The fourth-order valence-electron chi connectivity index (χ4n) is 3.17. The topological polar surface area (TPSA) is 96.6 Å². The van der Waals surface area contributed by atoms with Gasteiger partial charge in [0.15, 0.2) is 0 Å². The van der Waals surface area contributed by atoms with Gasteiger partial charge >= 0.3 is 0 Å². The van der Waals surface area contributed by atoms with E-state index in [1.165, 1.54) is 15.6 Å². The molecule has 1 saturated heterocycles. The zero-order chi connectivity index (χ0) is 19.4. The van der Waals surface area contributed by atoms with Crippen LogP contribution in [0.3, 0.4) is 0 Å². The molecular formula is C17H24N4O4S2. The molecule has 0 unspecified atom stereocenters. The number of piperidine rings is 1. The van der Waals surface area contributed by atoms with Gasteiger partial charge in [0.1, 0.15) is 0 Å². The van der Waals surface area contributed by atoms with Gasteiger partial charge in [0, 0.05) is 19.6 Å². The quantitative estimate of drug-likeness (QED) is 0.692. The van der Waals surface area contributed by atoms with Crippen molar-refractivity contribution in [2.75, 3.05) is 25.4 Å². The maximum Gasteiger partial charge on any atom is 0.246 e. The van der Waals surface area contributed by atoms with Crippen LogP contribution in [-0.4, -0.2) is 59.1 Å². The van der Waals surface area contributed by atoms with Gasteiger partial charge in [-0.1, -0.05) is 11.2 Å². The van der Waals surface area contributed by atoms with Crippen LogP contribution in [0.15, 0.2) is 22.0 Å². The van der Waals surface area contributed by atoms with Crippen LogP contribution in [0, 0.1) is 5.92 Å². The normalized spacial score (nSPS) is 18.5. The zero-order valence-corrected chi connectivity index (χ0v) is 17.1. The molecule has 1 aliphatic rings. The lowest BCUT2D eigenvalue weighted by Crippen LogP contribution is -2.46. The minimum Gasteiger partial charge on any atom is -0.337 e. The van der Waals surface area contributed by atoms with Gasteiger partial charge in [-0.3, -0.25) is 4.79 Å². The third-order valence-corrected chi connectivity index (χ3v) is 7.43. The lowest BCUT2D eigenvalue weighted by Gasteiger charge is -2.33. The highest BCUT2D eigenvalue weighted by atomic mass is 32.2. The number of hydrogen-bond donors (Lipinski definition) is 0. The first-order valence-corrected chi connectivity index (χ1v) is 11.6. The van der Waals surface area contributed by atoms with Gasteiger partial charge in [-0.05, 0) is 38.1 Å². The standard InChI is InChI=1S/C17H24N4O4S2/c1-3-20(12-15-18-16(19-25-15)14-8-6-10-26-14)17(22)13-7-5-9-21(11-13)27(23,24)4-2/h6,8,10,13H,3-5,7,9,11-12H2,1-2H3/t13-/m1/s1. The minimum atomic E-state index is -3.28. The van der Waals surface area contributed by atoms with E-state index in [2.05, 4.69) is 10.1 Å². The van der Waals surface area contributed by atoms with Crippen LogP contribution in [0.25, 0.3) is 10.7 Å². The summed E-state index contributed by atoms with van der Waals surface area (Å²) in [6.45, 7) is 4.96. The molecule has 2 aromatic rings. The smallest absolute Gasteiger partial charge is 0.246 e. The first-order chi connectivity index (χ1) is 12.9. The fourth-order valence-corrected chi connectivity index (χ4v) is 5.00. The van der Waals surface area contributed by atoms with Crippen LogP contribution in [0.1, 0.15) is 32.6 Å². The Labute approximate surface area is 163 Å². The first kappa shape index (κ1) is 20.0. The van der Waals surface area contributed by atoms with Crippen molar-refractivity contribution in [3.8, 4) is 10.7 Å². The largest absolute Gasteiger partial charge is 0.337 e. The summed E-state index contributed by atoms with van der Waals surface area (Å²) in [6, 6.07) is 3.82. The minimum absolute atomic E-state index is 0.0544. The van der Waals surface area contributed by atoms with E-state index in [1.807, 2.05) is 24.4 Å². The molecule has 0 N–H and O–H groups in total. The molecule has 0 radical (unpaired) electrons. The third-order valence-electron chi connectivity index (χ3n) is 4.72. The molecule has 10 heteroatoms.